The first kappa shape index (κ1) is 12.9. The van der Waals surface area contributed by atoms with Crippen molar-refractivity contribution in [3.63, 3.8) is 0 Å². The van der Waals surface area contributed by atoms with Crippen LogP contribution < -0.4 is 5.32 Å². The number of hydrogen-bond donors (Lipinski definition) is 1. The Bertz CT molecular complexity index is 551. The van der Waals surface area contributed by atoms with Crippen molar-refractivity contribution < 1.29 is 0 Å². The van der Waals surface area contributed by atoms with Gasteiger partial charge in [-0.05, 0) is 45.1 Å². The maximum Gasteiger partial charge on any atom is 0.229 e. The van der Waals surface area contributed by atoms with Crippen molar-refractivity contribution in [3.05, 3.63) is 36.4 Å². The molecule has 0 bridgehead atoms. The molecule has 20 heavy (non-hydrogen) atoms. The van der Waals surface area contributed by atoms with Crippen molar-refractivity contribution >= 4 is 11.9 Å². The van der Waals surface area contributed by atoms with Crippen LogP contribution in [0.4, 0.5) is 11.9 Å². The first-order valence-corrected chi connectivity index (χ1v) is 6.87. The Morgan fingerprint density at radius 3 is 2.50 bits per heavy atom. The van der Waals surface area contributed by atoms with E-state index < -0.39 is 0 Å². The minimum absolute atomic E-state index is 0.520. The van der Waals surface area contributed by atoms with Crippen LogP contribution in [0, 0.1) is 0 Å². The second kappa shape index (κ2) is 5.92. The largest absolute Gasteiger partial charge is 0.306 e. The lowest BCUT2D eigenvalue weighted by molar-refractivity contribution is 0.253. The molecule has 1 fully saturated rings. The molecule has 0 unspecified atom stereocenters. The van der Waals surface area contributed by atoms with Crippen LogP contribution in [-0.4, -0.2) is 45.0 Å². The average molecular weight is 270 g/mol. The van der Waals surface area contributed by atoms with Gasteiger partial charge in [0.1, 0.15) is 0 Å². The molecule has 0 aliphatic carbocycles. The van der Waals surface area contributed by atoms with E-state index in [0.717, 1.165) is 31.6 Å². The van der Waals surface area contributed by atoms with Crippen LogP contribution in [0.1, 0.15) is 24.5 Å². The van der Waals surface area contributed by atoms with Crippen molar-refractivity contribution in [1.82, 2.24) is 24.8 Å². The lowest BCUT2D eigenvalue weighted by atomic mass is 9.94. The molecule has 1 N–H and O–H groups in total. The molecule has 3 rings (SSSR count). The number of piperidine rings is 1. The van der Waals surface area contributed by atoms with Gasteiger partial charge in [0.25, 0.3) is 0 Å². The lowest BCUT2D eigenvalue weighted by Crippen LogP contribution is -2.29. The van der Waals surface area contributed by atoms with Crippen LogP contribution in [-0.2, 0) is 0 Å². The van der Waals surface area contributed by atoms with Gasteiger partial charge >= 0.3 is 0 Å². The molecule has 104 valence electrons. The fraction of sp³-hybridized carbons (Fsp3) is 0.429. The number of hydrogen-bond acceptors (Lipinski definition) is 6. The standard InChI is InChI=1S/C14H18N6/c1-20-9-4-11(5-10-20)12-3-8-17-14(18-12)19-13-15-6-2-7-16-13/h2-3,6-8,11H,4-5,9-10H2,1H3,(H,15,16,17,18,19). The Kier molecular flexibility index (Phi) is 3.83. The molecule has 1 aliphatic heterocycles. The number of nitrogens with zero attached hydrogens (tertiary/aromatic N) is 5. The molecule has 0 atom stereocenters. The number of likely N-dealkylation sites (tertiary alicyclic amines) is 1. The fourth-order valence-corrected chi connectivity index (χ4v) is 2.43. The zero-order chi connectivity index (χ0) is 13.8. The summed E-state index contributed by atoms with van der Waals surface area (Å²) in [7, 11) is 2.16. The summed E-state index contributed by atoms with van der Waals surface area (Å²) in [6.45, 7) is 2.25. The SMILES string of the molecule is CN1CCC(c2ccnc(Nc3ncccn3)n2)CC1. The predicted octanol–water partition coefficient (Wildman–Crippen LogP) is 1.82. The molecule has 0 spiro atoms. The Morgan fingerprint density at radius 1 is 1.05 bits per heavy atom. The van der Waals surface area contributed by atoms with Gasteiger partial charge in [0.2, 0.25) is 11.9 Å². The smallest absolute Gasteiger partial charge is 0.229 e. The van der Waals surface area contributed by atoms with Crippen LogP contribution in [0.3, 0.4) is 0 Å². The van der Waals surface area contributed by atoms with Gasteiger partial charge < -0.3 is 4.90 Å². The molecule has 0 aromatic carbocycles. The fourth-order valence-electron chi connectivity index (χ4n) is 2.43. The second-order valence-corrected chi connectivity index (χ2v) is 5.08. The van der Waals surface area contributed by atoms with Gasteiger partial charge in [-0.1, -0.05) is 0 Å². The van der Waals surface area contributed by atoms with Gasteiger partial charge in [-0.15, -0.1) is 0 Å². The third-order valence-electron chi connectivity index (χ3n) is 3.60. The van der Waals surface area contributed by atoms with E-state index >= 15 is 0 Å². The third-order valence-corrected chi connectivity index (χ3v) is 3.60. The second-order valence-electron chi connectivity index (χ2n) is 5.08. The summed E-state index contributed by atoms with van der Waals surface area (Å²) in [6.07, 6.45) is 7.47. The molecule has 1 saturated heterocycles. The zero-order valence-electron chi connectivity index (χ0n) is 11.5. The number of rotatable bonds is 3. The van der Waals surface area contributed by atoms with Gasteiger partial charge in [-0.25, -0.2) is 19.9 Å². The molecule has 2 aromatic heterocycles. The minimum atomic E-state index is 0.520. The molecule has 2 aromatic rings. The average Bonchev–Trinajstić information content (AvgIpc) is 2.49. The highest BCUT2D eigenvalue weighted by molar-refractivity contribution is 5.41. The summed E-state index contributed by atoms with van der Waals surface area (Å²) in [5.74, 6) is 1.60. The summed E-state index contributed by atoms with van der Waals surface area (Å²) in [5.41, 5.74) is 1.10. The van der Waals surface area contributed by atoms with Gasteiger partial charge in [-0.3, -0.25) is 5.32 Å². The Balaban J connectivity index is 1.73. The minimum Gasteiger partial charge on any atom is -0.306 e. The highest BCUT2D eigenvalue weighted by Gasteiger charge is 2.19. The Hall–Kier alpha value is -2.08. The molecule has 0 saturated carbocycles. The highest BCUT2D eigenvalue weighted by atomic mass is 15.2. The monoisotopic (exact) mass is 270 g/mol. The van der Waals surface area contributed by atoms with Crippen LogP contribution in [0.25, 0.3) is 0 Å². The number of aromatic nitrogens is 4. The summed E-state index contributed by atoms with van der Waals surface area (Å²) in [4.78, 5) is 19.4. The molecular weight excluding hydrogens is 252 g/mol. The third kappa shape index (κ3) is 3.08. The van der Waals surface area contributed by atoms with Gasteiger partial charge in [0.05, 0.1) is 0 Å². The first-order valence-electron chi connectivity index (χ1n) is 6.87. The Morgan fingerprint density at radius 2 is 1.75 bits per heavy atom. The van der Waals surface area contributed by atoms with Crippen molar-refractivity contribution in [3.8, 4) is 0 Å². The lowest BCUT2D eigenvalue weighted by Gasteiger charge is -2.28. The van der Waals surface area contributed by atoms with Crippen LogP contribution in [0.2, 0.25) is 0 Å². The van der Waals surface area contributed by atoms with Crippen molar-refractivity contribution in [2.75, 3.05) is 25.5 Å². The Labute approximate surface area is 118 Å². The summed E-state index contributed by atoms with van der Waals surface area (Å²) in [5, 5.41) is 3.04. The maximum atomic E-state index is 4.60. The van der Waals surface area contributed by atoms with Crippen LogP contribution >= 0.6 is 0 Å². The molecular formula is C14H18N6. The zero-order valence-corrected chi connectivity index (χ0v) is 11.5. The van der Waals surface area contributed by atoms with E-state index in [1.807, 2.05) is 6.07 Å². The molecule has 3 heterocycles. The predicted molar refractivity (Wildman–Crippen MR) is 76.8 cm³/mol. The number of anilines is 2. The van der Waals surface area contributed by atoms with E-state index in [9.17, 15) is 0 Å². The molecule has 0 amide bonds. The van der Waals surface area contributed by atoms with E-state index in [4.69, 9.17) is 0 Å². The number of nitrogens with one attached hydrogen (secondary N) is 1. The van der Waals surface area contributed by atoms with E-state index in [2.05, 4.69) is 37.2 Å². The maximum absolute atomic E-state index is 4.60. The van der Waals surface area contributed by atoms with Gasteiger partial charge in [0, 0.05) is 30.2 Å². The quantitative estimate of drug-likeness (QED) is 0.917. The van der Waals surface area contributed by atoms with Crippen molar-refractivity contribution in [2.45, 2.75) is 18.8 Å². The normalized spacial score (nSPS) is 17.1. The summed E-state index contributed by atoms with van der Waals surface area (Å²) >= 11 is 0. The molecule has 6 heteroatoms. The van der Waals surface area contributed by atoms with Crippen LogP contribution in [0.5, 0.6) is 0 Å². The topological polar surface area (TPSA) is 66.8 Å². The highest BCUT2D eigenvalue weighted by Crippen LogP contribution is 2.26. The van der Waals surface area contributed by atoms with Gasteiger partial charge in [0.15, 0.2) is 0 Å². The van der Waals surface area contributed by atoms with E-state index in [1.54, 1.807) is 24.7 Å². The van der Waals surface area contributed by atoms with E-state index in [0.29, 0.717) is 17.8 Å². The van der Waals surface area contributed by atoms with Gasteiger partial charge in [-0.2, -0.15) is 0 Å². The van der Waals surface area contributed by atoms with E-state index in [-0.39, 0.29) is 0 Å². The van der Waals surface area contributed by atoms with Crippen molar-refractivity contribution in [2.24, 2.45) is 0 Å². The molecule has 0 radical (unpaired) electrons. The van der Waals surface area contributed by atoms with E-state index in [1.165, 1.54) is 0 Å². The van der Waals surface area contributed by atoms with Crippen LogP contribution in [0.15, 0.2) is 30.7 Å². The summed E-state index contributed by atoms with van der Waals surface area (Å²) in [6, 6.07) is 3.79. The molecule has 1 aliphatic rings. The van der Waals surface area contributed by atoms with Crippen molar-refractivity contribution in [1.29, 1.82) is 0 Å². The first-order chi connectivity index (χ1) is 9.81. The summed E-state index contributed by atoms with van der Waals surface area (Å²) < 4.78 is 0. The molecule has 6 nitrogen and oxygen atoms in total.